The second-order valence-electron chi connectivity index (χ2n) is 9.42. The van der Waals surface area contributed by atoms with Crippen molar-refractivity contribution in [2.45, 2.75) is 51.6 Å². The zero-order valence-electron chi connectivity index (χ0n) is 20.8. The zero-order valence-corrected chi connectivity index (χ0v) is 24.0. The summed E-state index contributed by atoms with van der Waals surface area (Å²) in [6.45, 7) is 4.49. The third kappa shape index (κ3) is 6.86. The third-order valence-electron chi connectivity index (χ3n) is 6.61. The van der Waals surface area contributed by atoms with Gasteiger partial charge >= 0.3 is 0 Å². The van der Waals surface area contributed by atoms with Crippen LogP contribution in [0.5, 0.6) is 5.75 Å². The molecule has 0 unspecified atom stereocenters. The molecule has 1 aromatic heterocycles. The Labute approximate surface area is 225 Å². The van der Waals surface area contributed by atoms with Gasteiger partial charge in [0.05, 0.1) is 16.6 Å². The second-order valence-corrected chi connectivity index (χ2v) is 11.2. The van der Waals surface area contributed by atoms with Crippen molar-refractivity contribution in [3.63, 3.8) is 0 Å². The van der Waals surface area contributed by atoms with E-state index in [4.69, 9.17) is 14.7 Å². The van der Waals surface area contributed by atoms with Gasteiger partial charge in [-0.25, -0.2) is 4.98 Å². The fraction of sp³-hybridized carbons (Fsp3) is 0.481. The minimum absolute atomic E-state index is 0.433. The van der Waals surface area contributed by atoms with Crippen LogP contribution in [0.3, 0.4) is 0 Å². The fourth-order valence-electron chi connectivity index (χ4n) is 4.82. The van der Waals surface area contributed by atoms with Gasteiger partial charge in [-0.2, -0.15) is 4.98 Å². The number of hydrogen-bond donors (Lipinski definition) is 2. The Morgan fingerprint density at radius 1 is 1.06 bits per heavy atom. The number of aromatic nitrogens is 2. The first-order chi connectivity index (χ1) is 16.9. The van der Waals surface area contributed by atoms with Gasteiger partial charge in [0.15, 0.2) is 0 Å². The van der Waals surface area contributed by atoms with Gasteiger partial charge in [0, 0.05) is 42.1 Å². The number of benzene rings is 2. The quantitative estimate of drug-likeness (QED) is 0.249. The Kier molecular flexibility index (Phi) is 9.25. The number of ether oxygens (including phenoxy) is 1. The second kappa shape index (κ2) is 12.4. The first-order valence-electron chi connectivity index (χ1n) is 12.5. The molecule has 0 bridgehead atoms. The van der Waals surface area contributed by atoms with Gasteiger partial charge in [-0.15, -0.1) is 0 Å². The number of rotatable bonds is 10. The van der Waals surface area contributed by atoms with Crippen molar-refractivity contribution in [2.75, 3.05) is 37.5 Å². The highest BCUT2D eigenvalue weighted by Gasteiger charge is 2.22. The van der Waals surface area contributed by atoms with Crippen molar-refractivity contribution >= 4 is 54.5 Å². The standard InChI is InChI=1S/C27H35Br2N5O/c1-4-35-25-19(15-20(28)16-23(25)29)17-30-14-13-18-9-11-21(12-10-18)31-27-32-24-8-6-5-7-22(24)26(33-27)34(2)3/h5-8,15-16,18,21,30H,4,9-14,17H2,1-3H3,(H,31,32,33). The van der Waals surface area contributed by atoms with E-state index in [9.17, 15) is 0 Å². The van der Waals surface area contributed by atoms with Gasteiger partial charge in [0.25, 0.3) is 0 Å². The van der Waals surface area contributed by atoms with Crippen LogP contribution in [-0.4, -0.2) is 43.3 Å². The molecule has 0 spiro atoms. The maximum absolute atomic E-state index is 5.85. The lowest BCUT2D eigenvalue weighted by molar-refractivity contribution is 0.314. The molecular formula is C27H35Br2N5O. The predicted octanol–water partition coefficient (Wildman–Crippen LogP) is 6.77. The Morgan fingerprint density at radius 2 is 1.83 bits per heavy atom. The average Bonchev–Trinajstić information content (AvgIpc) is 2.84. The van der Waals surface area contributed by atoms with Crippen LogP contribution in [0.1, 0.15) is 44.6 Å². The Balaban J connectivity index is 1.25. The summed E-state index contributed by atoms with van der Waals surface area (Å²) in [6.07, 6.45) is 5.99. The molecule has 35 heavy (non-hydrogen) atoms. The van der Waals surface area contributed by atoms with Gasteiger partial charge in [-0.1, -0.05) is 28.1 Å². The van der Waals surface area contributed by atoms with Crippen molar-refractivity contribution in [3.8, 4) is 5.75 Å². The van der Waals surface area contributed by atoms with Gasteiger partial charge in [0.2, 0.25) is 5.95 Å². The lowest BCUT2D eigenvalue weighted by Crippen LogP contribution is -2.28. The molecule has 8 heteroatoms. The summed E-state index contributed by atoms with van der Waals surface area (Å²) < 4.78 is 7.90. The molecule has 2 N–H and O–H groups in total. The number of nitrogens with one attached hydrogen (secondary N) is 2. The van der Waals surface area contributed by atoms with Crippen molar-refractivity contribution in [1.29, 1.82) is 0 Å². The van der Waals surface area contributed by atoms with Crippen LogP contribution in [-0.2, 0) is 6.54 Å². The molecular weight excluding hydrogens is 570 g/mol. The summed E-state index contributed by atoms with van der Waals surface area (Å²) in [4.78, 5) is 11.6. The normalized spacial score (nSPS) is 18.0. The van der Waals surface area contributed by atoms with E-state index < -0.39 is 0 Å². The fourth-order valence-corrected chi connectivity index (χ4v) is 6.25. The molecule has 3 aromatic rings. The van der Waals surface area contributed by atoms with Crippen LogP contribution in [0.2, 0.25) is 0 Å². The summed E-state index contributed by atoms with van der Waals surface area (Å²) >= 11 is 7.21. The molecule has 1 aliphatic rings. The smallest absolute Gasteiger partial charge is 0.225 e. The highest BCUT2D eigenvalue weighted by atomic mass is 79.9. The van der Waals surface area contributed by atoms with Gasteiger partial charge < -0.3 is 20.3 Å². The predicted molar refractivity (Wildman–Crippen MR) is 153 cm³/mol. The van der Waals surface area contributed by atoms with E-state index in [2.05, 4.69) is 65.6 Å². The number of anilines is 2. The van der Waals surface area contributed by atoms with E-state index in [-0.39, 0.29) is 0 Å². The first-order valence-corrected chi connectivity index (χ1v) is 14.0. The average molecular weight is 605 g/mol. The van der Waals surface area contributed by atoms with Gasteiger partial charge in [0.1, 0.15) is 11.6 Å². The van der Waals surface area contributed by atoms with Crippen molar-refractivity contribution < 1.29 is 4.74 Å². The van der Waals surface area contributed by atoms with E-state index >= 15 is 0 Å². The number of hydrogen-bond acceptors (Lipinski definition) is 6. The topological polar surface area (TPSA) is 62.3 Å². The molecule has 1 saturated carbocycles. The summed E-state index contributed by atoms with van der Waals surface area (Å²) in [5.74, 6) is 3.39. The maximum Gasteiger partial charge on any atom is 0.225 e. The summed E-state index contributed by atoms with van der Waals surface area (Å²) in [6, 6.07) is 12.8. The molecule has 1 fully saturated rings. The van der Waals surface area contributed by atoms with Crippen LogP contribution >= 0.6 is 31.9 Å². The maximum atomic E-state index is 5.85. The molecule has 0 radical (unpaired) electrons. The van der Waals surface area contributed by atoms with Crippen LogP contribution in [0.15, 0.2) is 45.3 Å². The summed E-state index contributed by atoms with van der Waals surface area (Å²) in [7, 11) is 4.07. The molecule has 0 saturated heterocycles. The van der Waals surface area contributed by atoms with E-state index in [1.807, 2.05) is 39.2 Å². The molecule has 0 aliphatic heterocycles. The van der Waals surface area contributed by atoms with Crippen molar-refractivity contribution in [3.05, 3.63) is 50.9 Å². The SMILES string of the molecule is CCOc1c(Br)cc(Br)cc1CNCCC1CCC(Nc2nc(N(C)C)c3ccccc3n2)CC1. The third-order valence-corrected chi connectivity index (χ3v) is 7.65. The van der Waals surface area contributed by atoms with E-state index in [0.29, 0.717) is 12.6 Å². The highest BCUT2D eigenvalue weighted by Crippen LogP contribution is 2.33. The molecule has 0 atom stereocenters. The highest BCUT2D eigenvalue weighted by molar-refractivity contribution is 9.11. The number of nitrogens with zero attached hydrogens (tertiary/aromatic N) is 3. The Bertz CT molecular complexity index is 1130. The van der Waals surface area contributed by atoms with E-state index in [1.165, 1.54) is 24.8 Å². The van der Waals surface area contributed by atoms with Gasteiger partial charge in [-0.3, -0.25) is 0 Å². The number of halogens is 2. The molecule has 0 amide bonds. The molecule has 4 rings (SSSR count). The van der Waals surface area contributed by atoms with Crippen LogP contribution in [0, 0.1) is 5.92 Å². The molecule has 6 nitrogen and oxygen atoms in total. The lowest BCUT2D eigenvalue weighted by atomic mass is 9.84. The van der Waals surface area contributed by atoms with Crippen LogP contribution in [0.25, 0.3) is 10.9 Å². The number of fused-ring (bicyclic) bond motifs is 1. The lowest BCUT2D eigenvalue weighted by Gasteiger charge is -2.29. The largest absolute Gasteiger partial charge is 0.492 e. The van der Waals surface area contributed by atoms with Gasteiger partial charge in [-0.05, 0) is 91.7 Å². The van der Waals surface area contributed by atoms with Crippen LogP contribution in [0.4, 0.5) is 11.8 Å². The summed E-state index contributed by atoms with van der Waals surface area (Å²) in [5.41, 5.74) is 2.16. The molecule has 1 heterocycles. The minimum atomic E-state index is 0.433. The van der Waals surface area contributed by atoms with Crippen molar-refractivity contribution in [1.82, 2.24) is 15.3 Å². The minimum Gasteiger partial charge on any atom is -0.492 e. The zero-order chi connectivity index (χ0) is 24.8. The molecule has 2 aromatic carbocycles. The van der Waals surface area contributed by atoms with Crippen molar-refractivity contribution in [2.24, 2.45) is 5.92 Å². The first kappa shape index (κ1) is 26.2. The molecule has 188 valence electrons. The summed E-state index contributed by atoms with van der Waals surface area (Å²) in [5, 5.41) is 8.33. The van der Waals surface area contributed by atoms with Crippen LogP contribution < -0.4 is 20.3 Å². The number of para-hydroxylation sites is 1. The Morgan fingerprint density at radius 3 is 2.57 bits per heavy atom. The van der Waals surface area contributed by atoms with E-state index in [1.54, 1.807) is 0 Å². The Hall–Kier alpha value is -1.90. The molecule has 1 aliphatic carbocycles. The monoisotopic (exact) mass is 603 g/mol. The van der Waals surface area contributed by atoms with E-state index in [0.717, 1.165) is 69.2 Å².